The summed E-state index contributed by atoms with van der Waals surface area (Å²) in [5, 5.41) is 1.09. The largest absolute Gasteiger partial charge is 0.300 e. The van der Waals surface area contributed by atoms with Crippen LogP contribution in [-0.2, 0) is 4.79 Å². The van der Waals surface area contributed by atoms with E-state index in [0.29, 0.717) is 12.2 Å². The first-order chi connectivity index (χ1) is 12.7. The van der Waals surface area contributed by atoms with Crippen LogP contribution < -0.4 is 4.90 Å². The van der Waals surface area contributed by atoms with Gasteiger partial charge in [-0.05, 0) is 37.1 Å². The van der Waals surface area contributed by atoms with E-state index in [-0.39, 0.29) is 6.04 Å². The van der Waals surface area contributed by atoms with Gasteiger partial charge in [-0.15, -0.1) is 11.3 Å². The number of carbonyl (C=O) groups excluding carboxylic acids is 2. The van der Waals surface area contributed by atoms with Crippen molar-refractivity contribution < 1.29 is 9.59 Å². The van der Waals surface area contributed by atoms with Gasteiger partial charge in [0, 0.05) is 6.54 Å². The van der Waals surface area contributed by atoms with Crippen molar-refractivity contribution in [1.29, 1.82) is 0 Å². The fourth-order valence-corrected chi connectivity index (χ4v) is 5.02. The average molecular weight is 363 g/mol. The van der Waals surface area contributed by atoms with Crippen molar-refractivity contribution in [3.8, 4) is 0 Å². The highest BCUT2D eigenvalue weighted by atomic mass is 32.1. The number of thiazole rings is 1. The van der Waals surface area contributed by atoms with Crippen LogP contribution in [0.5, 0.6) is 0 Å². The Morgan fingerprint density at radius 2 is 1.88 bits per heavy atom. The Hall–Kier alpha value is -2.57. The lowest BCUT2D eigenvalue weighted by Gasteiger charge is -2.28. The molecule has 5 nitrogen and oxygen atoms in total. The number of hydrogen-bond donors (Lipinski definition) is 0. The van der Waals surface area contributed by atoms with Gasteiger partial charge in [0.15, 0.2) is 0 Å². The minimum absolute atomic E-state index is 0.197. The maximum absolute atomic E-state index is 12.5. The summed E-state index contributed by atoms with van der Waals surface area (Å²) < 4.78 is 1.19. The molecule has 0 spiro atoms. The fourth-order valence-electron chi connectivity index (χ4n) is 3.88. The lowest BCUT2D eigenvalue weighted by Crippen LogP contribution is -2.40. The molecule has 3 aromatic rings. The highest BCUT2D eigenvalue weighted by Gasteiger charge is 2.38. The number of nitrogens with zero attached hydrogens (tertiary/aromatic N) is 3. The number of Topliss-reactive ketones (excluding diaryl/α,β-unsaturated/α-hetero) is 1. The number of aromatic nitrogens is 1. The predicted octanol–water partition coefficient (Wildman–Crippen LogP) is 3.62. The van der Waals surface area contributed by atoms with Gasteiger partial charge in [0.05, 0.1) is 34.2 Å². The minimum Gasteiger partial charge on any atom is -0.291 e. The normalized spacial score (nSPS) is 20.3. The third-order valence-electron chi connectivity index (χ3n) is 5.16. The predicted molar refractivity (Wildman–Crippen MR) is 101 cm³/mol. The standard InChI is InChI=1S/C20H17N3O2S/c24-18-13-6-1-3-8-15(13)23(20(18)25)12-22-11-5-9-16(22)19-21-14-7-2-4-10-17(14)26-19/h1-4,6-8,10,16H,5,9,11-12H2/t16-/m1/s1. The van der Waals surface area contributed by atoms with E-state index in [4.69, 9.17) is 4.98 Å². The van der Waals surface area contributed by atoms with Crippen molar-refractivity contribution in [2.45, 2.75) is 18.9 Å². The molecular formula is C20H17N3O2S. The molecular weight excluding hydrogens is 346 g/mol. The maximum Gasteiger partial charge on any atom is 0.300 e. The van der Waals surface area contributed by atoms with Crippen molar-refractivity contribution in [3.05, 3.63) is 59.1 Å². The van der Waals surface area contributed by atoms with Gasteiger partial charge in [-0.25, -0.2) is 4.98 Å². The van der Waals surface area contributed by atoms with E-state index in [9.17, 15) is 9.59 Å². The molecule has 1 fully saturated rings. The van der Waals surface area contributed by atoms with E-state index < -0.39 is 11.7 Å². The van der Waals surface area contributed by atoms with Crippen LogP contribution in [0.15, 0.2) is 48.5 Å². The zero-order valence-electron chi connectivity index (χ0n) is 14.1. The smallest absolute Gasteiger partial charge is 0.291 e. The van der Waals surface area contributed by atoms with E-state index in [0.717, 1.165) is 35.6 Å². The lowest BCUT2D eigenvalue weighted by molar-refractivity contribution is -0.114. The van der Waals surface area contributed by atoms with Gasteiger partial charge in [0.2, 0.25) is 0 Å². The summed E-state index contributed by atoms with van der Waals surface area (Å²) in [5.41, 5.74) is 2.25. The second kappa shape index (κ2) is 6.00. The number of hydrogen-bond acceptors (Lipinski definition) is 5. The number of likely N-dealkylation sites (tertiary alicyclic amines) is 1. The summed E-state index contributed by atoms with van der Waals surface area (Å²) in [7, 11) is 0. The summed E-state index contributed by atoms with van der Waals surface area (Å²) >= 11 is 1.72. The summed E-state index contributed by atoms with van der Waals surface area (Å²) in [6.07, 6.45) is 2.09. The third-order valence-corrected chi connectivity index (χ3v) is 6.30. The Morgan fingerprint density at radius 3 is 2.77 bits per heavy atom. The zero-order valence-corrected chi connectivity index (χ0v) is 14.9. The van der Waals surface area contributed by atoms with Crippen LogP contribution in [0.1, 0.15) is 34.2 Å². The van der Waals surface area contributed by atoms with E-state index in [1.54, 1.807) is 28.4 Å². The Balaban J connectivity index is 1.45. The van der Waals surface area contributed by atoms with Crippen LogP contribution in [0.4, 0.5) is 5.69 Å². The van der Waals surface area contributed by atoms with Gasteiger partial charge in [-0.1, -0.05) is 24.3 Å². The topological polar surface area (TPSA) is 53.5 Å². The molecule has 0 saturated carbocycles. The lowest BCUT2D eigenvalue weighted by atomic mass is 10.1. The highest BCUT2D eigenvalue weighted by Crippen LogP contribution is 2.38. The summed E-state index contributed by atoms with van der Waals surface area (Å²) in [6, 6.07) is 15.6. The molecule has 1 amide bonds. The molecule has 0 N–H and O–H groups in total. The number of amides is 1. The van der Waals surface area contributed by atoms with Crippen molar-refractivity contribution >= 4 is 38.9 Å². The molecule has 0 aliphatic carbocycles. The molecule has 2 aliphatic heterocycles. The van der Waals surface area contributed by atoms with Gasteiger partial charge >= 0.3 is 5.91 Å². The minimum atomic E-state index is -0.429. The first-order valence-corrected chi connectivity index (χ1v) is 9.59. The van der Waals surface area contributed by atoms with Crippen LogP contribution in [-0.4, -0.2) is 34.8 Å². The van der Waals surface area contributed by atoms with Crippen LogP contribution in [0, 0.1) is 0 Å². The first kappa shape index (κ1) is 15.7. The number of carbonyl (C=O) groups is 2. The maximum atomic E-state index is 12.5. The fraction of sp³-hybridized carbons (Fsp3) is 0.250. The van der Waals surface area contributed by atoms with Gasteiger partial charge in [-0.2, -0.15) is 0 Å². The molecule has 6 heteroatoms. The molecule has 1 aromatic heterocycles. The van der Waals surface area contributed by atoms with Gasteiger partial charge in [-0.3, -0.25) is 19.4 Å². The second-order valence-corrected chi connectivity index (χ2v) is 7.77. The molecule has 1 saturated heterocycles. The molecule has 26 heavy (non-hydrogen) atoms. The van der Waals surface area contributed by atoms with Crippen molar-refractivity contribution in [3.63, 3.8) is 0 Å². The molecule has 3 heterocycles. The Morgan fingerprint density at radius 1 is 1.08 bits per heavy atom. The number of fused-ring (bicyclic) bond motifs is 2. The third kappa shape index (κ3) is 2.37. The van der Waals surface area contributed by atoms with Crippen LogP contribution in [0.2, 0.25) is 0 Å². The first-order valence-electron chi connectivity index (χ1n) is 8.77. The molecule has 2 aliphatic rings. The molecule has 130 valence electrons. The van der Waals surface area contributed by atoms with E-state index in [1.165, 1.54) is 4.70 Å². The Kier molecular flexibility index (Phi) is 3.62. The zero-order chi connectivity index (χ0) is 17.7. The van der Waals surface area contributed by atoms with E-state index in [2.05, 4.69) is 11.0 Å². The molecule has 0 radical (unpaired) electrons. The molecule has 2 aromatic carbocycles. The van der Waals surface area contributed by atoms with Gasteiger partial charge in [0.1, 0.15) is 5.01 Å². The monoisotopic (exact) mass is 363 g/mol. The van der Waals surface area contributed by atoms with E-state index >= 15 is 0 Å². The Labute approximate surface area is 154 Å². The Bertz CT molecular complexity index is 996. The average Bonchev–Trinajstić information content (AvgIpc) is 3.35. The molecule has 0 unspecified atom stereocenters. The number of para-hydroxylation sites is 2. The van der Waals surface area contributed by atoms with Crippen LogP contribution in [0.3, 0.4) is 0 Å². The van der Waals surface area contributed by atoms with Gasteiger partial charge in [0.25, 0.3) is 5.78 Å². The number of ketones is 1. The number of anilines is 1. The van der Waals surface area contributed by atoms with Crippen molar-refractivity contribution in [1.82, 2.24) is 9.88 Å². The number of benzene rings is 2. The van der Waals surface area contributed by atoms with Gasteiger partial charge < -0.3 is 0 Å². The SMILES string of the molecule is O=C1C(=O)N(CN2CCC[C@@H]2c2nc3ccccc3s2)c2ccccc21. The summed E-state index contributed by atoms with van der Waals surface area (Å²) in [5.74, 6) is -0.836. The molecule has 0 bridgehead atoms. The quantitative estimate of drug-likeness (QED) is 0.667. The van der Waals surface area contributed by atoms with Crippen molar-refractivity contribution in [2.24, 2.45) is 0 Å². The summed E-state index contributed by atoms with van der Waals surface area (Å²) in [6.45, 7) is 1.34. The van der Waals surface area contributed by atoms with Crippen LogP contribution >= 0.6 is 11.3 Å². The molecule has 1 atom stereocenters. The van der Waals surface area contributed by atoms with Crippen LogP contribution in [0.25, 0.3) is 10.2 Å². The van der Waals surface area contributed by atoms with Crippen molar-refractivity contribution in [2.75, 3.05) is 18.1 Å². The number of rotatable bonds is 3. The summed E-state index contributed by atoms with van der Waals surface area (Å²) in [4.78, 5) is 33.4. The molecule has 5 rings (SSSR count). The van der Waals surface area contributed by atoms with E-state index in [1.807, 2.05) is 30.3 Å². The second-order valence-electron chi connectivity index (χ2n) is 6.71. The highest BCUT2D eigenvalue weighted by molar-refractivity contribution is 7.18.